The number of aromatic nitrogens is 2. The molecule has 1 aliphatic carbocycles. The zero-order chi connectivity index (χ0) is 37.2. The summed E-state index contributed by atoms with van der Waals surface area (Å²) < 4.78 is 114. The Morgan fingerprint density at radius 1 is 0.846 bits per heavy atom. The lowest BCUT2D eigenvalue weighted by molar-refractivity contribution is -0.125. The fourth-order valence-corrected chi connectivity index (χ4v) is 7.93. The monoisotopic (exact) mass is 747 g/mol. The van der Waals surface area contributed by atoms with Gasteiger partial charge >= 0.3 is 0 Å². The van der Waals surface area contributed by atoms with Crippen LogP contribution >= 0.6 is 0 Å². The minimum Gasteiger partial charge on any atom is -0.302 e. The molecule has 1 aliphatic heterocycles. The maximum atomic E-state index is 15.8. The molecule has 2 fully saturated rings. The van der Waals surface area contributed by atoms with Crippen LogP contribution in [-0.4, -0.2) is 47.1 Å². The molecule has 1 aromatic heterocycles. The van der Waals surface area contributed by atoms with Gasteiger partial charge in [0.1, 0.15) is 11.9 Å². The van der Waals surface area contributed by atoms with Crippen LogP contribution in [0.4, 0.5) is 32.0 Å². The quantitative estimate of drug-likeness (QED) is 0.0838. The Morgan fingerprint density at radius 2 is 1.52 bits per heavy atom. The van der Waals surface area contributed by atoms with Crippen molar-refractivity contribution in [2.45, 2.75) is 68.5 Å². The summed E-state index contributed by atoms with van der Waals surface area (Å²) in [5.74, 6) is -15.5. The molecule has 1 N–H and O–H groups in total. The first-order chi connectivity index (χ1) is 24.9. The number of hydrogen-bond acceptors (Lipinski definition) is 7. The Balaban J connectivity index is 1.28. The number of hydrogen-bond donors (Lipinski definition) is 1. The number of anilines is 1. The molecule has 4 aromatic rings. The standard InChI is InChI=1S/C35H31F6N5O5S/c36-24-15-22(34(47)44-51-19-20-7-3-1-4-8-20)11-12-26(24)45(18-23-16-43-25(17-42-23)21-9-5-2-6-10-21)35(48)27-13-14-46(27)52(49,50)33-31(40)29(38)28(37)30(39)32(33)41/h1,3-4,7-8,11-12,15-17,21,27H,2,5-6,9-10,13-14,18-19H2,(H,44,47)/t27-/m1/s1. The Hall–Kier alpha value is -4.87. The van der Waals surface area contributed by atoms with Gasteiger partial charge in [0.05, 0.1) is 36.4 Å². The van der Waals surface area contributed by atoms with Crippen molar-refractivity contribution in [1.29, 1.82) is 0 Å². The molecule has 3 aromatic carbocycles. The maximum absolute atomic E-state index is 15.8. The van der Waals surface area contributed by atoms with Gasteiger partial charge in [-0.05, 0) is 43.0 Å². The minimum atomic E-state index is -5.48. The number of halogens is 6. The SMILES string of the molecule is O=C(NOCc1ccccc1)c1ccc(N(Cc2cnc(C3CCCCC3)cn2)C(=O)[C@H]2CCN2S(=O)(=O)c2c(F)c(F)c(F)c(F)c2F)c(F)c1. The lowest BCUT2D eigenvalue weighted by atomic mass is 9.87. The van der Waals surface area contributed by atoms with Gasteiger partial charge < -0.3 is 4.90 Å². The zero-order valence-electron chi connectivity index (χ0n) is 27.3. The molecule has 0 radical (unpaired) electrons. The van der Waals surface area contributed by atoms with Crippen molar-refractivity contribution in [2.24, 2.45) is 0 Å². The van der Waals surface area contributed by atoms with E-state index in [1.807, 2.05) is 0 Å². The molecule has 17 heteroatoms. The molecule has 1 saturated carbocycles. The highest BCUT2D eigenvalue weighted by atomic mass is 32.2. The van der Waals surface area contributed by atoms with Crippen molar-refractivity contribution in [2.75, 3.05) is 11.4 Å². The topological polar surface area (TPSA) is 122 Å². The molecular weight excluding hydrogens is 716 g/mol. The lowest BCUT2D eigenvalue weighted by Gasteiger charge is -2.41. The highest BCUT2D eigenvalue weighted by Gasteiger charge is 2.48. The van der Waals surface area contributed by atoms with E-state index in [1.165, 1.54) is 18.5 Å². The van der Waals surface area contributed by atoms with E-state index in [1.54, 1.807) is 30.3 Å². The van der Waals surface area contributed by atoms with Gasteiger partial charge in [-0.25, -0.2) is 40.2 Å². The summed E-state index contributed by atoms with van der Waals surface area (Å²) in [6.07, 6.45) is 7.73. The molecule has 1 atom stereocenters. The summed E-state index contributed by atoms with van der Waals surface area (Å²) >= 11 is 0. The first-order valence-electron chi connectivity index (χ1n) is 16.3. The maximum Gasteiger partial charge on any atom is 0.274 e. The van der Waals surface area contributed by atoms with Gasteiger partial charge in [-0.3, -0.25) is 24.4 Å². The molecular formula is C35H31F6N5O5S. The van der Waals surface area contributed by atoms with Crippen molar-refractivity contribution in [1.82, 2.24) is 19.8 Å². The van der Waals surface area contributed by atoms with Gasteiger partial charge in [-0.2, -0.15) is 4.31 Å². The van der Waals surface area contributed by atoms with E-state index in [9.17, 15) is 40.0 Å². The average Bonchev–Trinajstić information content (AvgIpc) is 3.12. The molecule has 6 rings (SSSR count). The number of sulfonamides is 1. The van der Waals surface area contributed by atoms with Crippen LogP contribution in [0.2, 0.25) is 0 Å². The highest BCUT2D eigenvalue weighted by molar-refractivity contribution is 7.89. The second-order valence-corrected chi connectivity index (χ2v) is 14.2. The van der Waals surface area contributed by atoms with E-state index in [2.05, 4.69) is 15.4 Å². The van der Waals surface area contributed by atoms with Crippen LogP contribution in [0.3, 0.4) is 0 Å². The van der Waals surface area contributed by atoms with Gasteiger partial charge in [-0.15, -0.1) is 0 Å². The summed E-state index contributed by atoms with van der Waals surface area (Å²) in [6.45, 7) is -0.972. The predicted molar refractivity (Wildman–Crippen MR) is 173 cm³/mol. The molecule has 2 amide bonds. The summed E-state index contributed by atoms with van der Waals surface area (Å²) in [7, 11) is -5.48. The van der Waals surface area contributed by atoms with Crippen molar-refractivity contribution < 1.29 is 49.2 Å². The molecule has 0 spiro atoms. The summed E-state index contributed by atoms with van der Waals surface area (Å²) in [6, 6.07) is 10.2. The predicted octanol–water partition coefficient (Wildman–Crippen LogP) is 6.22. The number of benzene rings is 3. The molecule has 2 aliphatic rings. The lowest BCUT2D eigenvalue weighted by Crippen LogP contribution is -2.59. The summed E-state index contributed by atoms with van der Waals surface area (Å²) in [5.41, 5.74) is 3.22. The van der Waals surface area contributed by atoms with Crippen LogP contribution in [0, 0.1) is 34.9 Å². The Morgan fingerprint density at radius 3 is 2.12 bits per heavy atom. The van der Waals surface area contributed by atoms with Crippen molar-refractivity contribution in [3.05, 3.63) is 118 Å². The first kappa shape index (κ1) is 36.9. The van der Waals surface area contributed by atoms with Crippen LogP contribution < -0.4 is 10.4 Å². The highest BCUT2D eigenvalue weighted by Crippen LogP contribution is 2.36. The van der Waals surface area contributed by atoms with Gasteiger partial charge in [-0.1, -0.05) is 49.6 Å². The van der Waals surface area contributed by atoms with Gasteiger partial charge in [0.2, 0.25) is 21.7 Å². The number of rotatable bonds is 11. The van der Waals surface area contributed by atoms with Gasteiger partial charge in [0.25, 0.3) is 5.91 Å². The van der Waals surface area contributed by atoms with Crippen LogP contribution in [0.15, 0.2) is 65.8 Å². The molecule has 10 nitrogen and oxygen atoms in total. The number of hydroxylamine groups is 1. The van der Waals surface area contributed by atoms with E-state index in [0.29, 0.717) is 0 Å². The molecule has 52 heavy (non-hydrogen) atoms. The van der Waals surface area contributed by atoms with E-state index in [-0.39, 0.29) is 34.5 Å². The number of carbonyl (C=O) groups is 2. The molecule has 1 saturated heterocycles. The van der Waals surface area contributed by atoms with E-state index >= 15 is 4.39 Å². The van der Waals surface area contributed by atoms with Crippen molar-refractivity contribution in [3.63, 3.8) is 0 Å². The number of amides is 2. The first-order valence-corrected chi connectivity index (χ1v) is 17.7. The molecule has 0 bridgehead atoms. The van der Waals surface area contributed by atoms with Crippen LogP contribution in [-0.2, 0) is 32.8 Å². The fraction of sp³-hybridized carbons (Fsp3) is 0.314. The molecule has 2 heterocycles. The molecule has 274 valence electrons. The second-order valence-electron chi connectivity index (χ2n) is 12.4. The van der Waals surface area contributed by atoms with Crippen LogP contribution in [0.5, 0.6) is 0 Å². The number of nitrogens with one attached hydrogen (secondary N) is 1. The largest absolute Gasteiger partial charge is 0.302 e. The fourth-order valence-electron chi connectivity index (χ4n) is 6.19. The number of carbonyl (C=O) groups excluding carboxylic acids is 2. The van der Waals surface area contributed by atoms with E-state index in [0.717, 1.165) is 60.4 Å². The van der Waals surface area contributed by atoms with Crippen molar-refractivity contribution in [3.8, 4) is 0 Å². The zero-order valence-corrected chi connectivity index (χ0v) is 28.1. The van der Waals surface area contributed by atoms with E-state index < -0.39 is 86.5 Å². The summed E-state index contributed by atoms with van der Waals surface area (Å²) in [5, 5.41) is 0. The van der Waals surface area contributed by atoms with Crippen LogP contribution in [0.1, 0.15) is 71.8 Å². The smallest absolute Gasteiger partial charge is 0.274 e. The third-order valence-electron chi connectivity index (χ3n) is 9.07. The molecule has 0 unspecified atom stereocenters. The van der Waals surface area contributed by atoms with Gasteiger partial charge in [0, 0.05) is 24.2 Å². The second kappa shape index (κ2) is 15.4. The Labute approximate surface area is 294 Å². The third kappa shape index (κ3) is 7.38. The Kier molecular flexibility index (Phi) is 10.9. The van der Waals surface area contributed by atoms with Gasteiger partial charge in [0.15, 0.2) is 28.2 Å². The summed E-state index contributed by atoms with van der Waals surface area (Å²) in [4.78, 5) is 39.6. The normalized spacial score (nSPS) is 16.7. The minimum absolute atomic E-state index is 0.0157. The van der Waals surface area contributed by atoms with Crippen LogP contribution in [0.25, 0.3) is 0 Å². The Bertz CT molecular complexity index is 2060. The third-order valence-corrected chi connectivity index (χ3v) is 11.0. The average molecular weight is 748 g/mol. The van der Waals surface area contributed by atoms with Crippen molar-refractivity contribution >= 4 is 27.5 Å². The van der Waals surface area contributed by atoms with E-state index in [4.69, 9.17) is 4.84 Å². The number of nitrogens with zero attached hydrogens (tertiary/aromatic N) is 4.